The molecule has 0 saturated heterocycles. The molecule has 0 saturated carbocycles. The minimum Gasteiger partial charge on any atom is -0.290 e. The summed E-state index contributed by atoms with van der Waals surface area (Å²) in [5.41, 5.74) is 2.57. The average Bonchev–Trinajstić information content (AvgIpc) is 2.58. The van der Waals surface area contributed by atoms with Gasteiger partial charge in [0.15, 0.2) is 9.94 Å². The Morgan fingerprint density at radius 1 is 1.53 bits per heavy atom. The molecule has 5 heteroatoms. The first kappa shape index (κ1) is 10.3. The summed E-state index contributed by atoms with van der Waals surface area (Å²) in [6, 6.07) is 7.81. The Bertz CT molecular complexity index is 533. The van der Waals surface area contributed by atoms with E-state index in [1.807, 2.05) is 31.2 Å². The summed E-state index contributed by atoms with van der Waals surface area (Å²) in [6.45, 7) is 1.92. The number of carbonyl (C=O) groups excluding carboxylic acids is 1. The van der Waals surface area contributed by atoms with Gasteiger partial charge in [0.1, 0.15) is 0 Å². The molecule has 0 atom stereocenters. The Morgan fingerprint density at radius 3 is 3.00 bits per heavy atom. The van der Waals surface area contributed by atoms with Crippen LogP contribution in [-0.4, -0.2) is 19.7 Å². The fourth-order valence-electron chi connectivity index (χ4n) is 1.45. The average molecular weight is 236 g/mol. The number of hydrogen-bond acceptors (Lipinski definition) is 4. The van der Waals surface area contributed by atoms with Gasteiger partial charge in [0.2, 0.25) is 0 Å². The predicted octanol–water partition coefficient (Wildman–Crippen LogP) is 2.40. The molecule has 76 valence electrons. The highest BCUT2D eigenvalue weighted by molar-refractivity contribution is 8.31. The molecule has 1 heterocycles. The zero-order valence-electron chi connectivity index (χ0n) is 8.01. The molecule has 0 unspecified atom stereocenters. The number of fused-ring (bicyclic) bond motifs is 1. The van der Waals surface area contributed by atoms with Gasteiger partial charge in [-0.1, -0.05) is 18.2 Å². The zero-order valence-corrected chi connectivity index (χ0v) is 9.64. The lowest BCUT2D eigenvalue weighted by Crippen LogP contribution is -2.06. The third-order valence-electron chi connectivity index (χ3n) is 2.09. The van der Waals surface area contributed by atoms with Gasteiger partial charge in [-0.15, -0.1) is 0 Å². The van der Waals surface area contributed by atoms with Gasteiger partial charge in [0.05, 0.1) is 11.2 Å². The number of carbonyl (C=O) groups is 1. The number of rotatable bonds is 1. The molecule has 0 radical (unpaired) electrons. The van der Waals surface area contributed by atoms with Gasteiger partial charge in [-0.2, -0.15) is 5.10 Å². The van der Waals surface area contributed by atoms with Crippen molar-refractivity contribution in [2.75, 3.05) is 0 Å². The molecule has 15 heavy (non-hydrogen) atoms. The minimum absolute atomic E-state index is 0.453. The molecule has 1 aromatic heterocycles. The molecule has 2 aromatic rings. The Kier molecular flexibility index (Phi) is 2.83. The molecule has 0 aliphatic rings. The van der Waals surface area contributed by atoms with Crippen LogP contribution in [0, 0.1) is 6.92 Å². The van der Waals surface area contributed by atoms with Crippen molar-refractivity contribution in [2.45, 2.75) is 6.92 Å². The molecule has 0 N–H and O–H groups in total. The van der Waals surface area contributed by atoms with Gasteiger partial charge in [-0.05, 0) is 37.0 Å². The van der Waals surface area contributed by atoms with E-state index in [0.717, 1.165) is 28.4 Å². The Hall–Kier alpha value is -1.20. The van der Waals surface area contributed by atoms with Crippen molar-refractivity contribution in [2.24, 2.45) is 0 Å². The molecule has 0 bridgehead atoms. The molecule has 0 amide bonds. The smallest absolute Gasteiger partial charge is 0.183 e. The van der Waals surface area contributed by atoms with E-state index in [2.05, 4.69) is 5.10 Å². The second-order valence-electron chi connectivity index (χ2n) is 2.99. The second kappa shape index (κ2) is 4.12. The first-order chi connectivity index (χ1) is 7.24. The predicted molar refractivity (Wildman–Crippen MR) is 66.8 cm³/mol. The van der Waals surface area contributed by atoms with Gasteiger partial charge in [-0.25, -0.2) is 4.68 Å². The third kappa shape index (κ3) is 1.80. The van der Waals surface area contributed by atoms with Crippen LogP contribution in [0.5, 0.6) is 0 Å². The van der Waals surface area contributed by atoms with Crippen molar-refractivity contribution in [3.8, 4) is 0 Å². The summed E-state index contributed by atoms with van der Waals surface area (Å²) in [6.07, 6.45) is 0. The molecule has 0 fully saturated rings. The van der Waals surface area contributed by atoms with Crippen LogP contribution in [0.15, 0.2) is 24.3 Å². The molecular formula is C10H8N2OS2. The molecule has 0 spiro atoms. The highest BCUT2D eigenvalue weighted by Crippen LogP contribution is 2.19. The summed E-state index contributed by atoms with van der Waals surface area (Å²) in [4.78, 5) is 10.4. The first-order valence-corrected chi connectivity index (χ1v) is 5.62. The maximum atomic E-state index is 10.4. The number of thiocarbonyl (C=S) groups is 1. The lowest BCUT2D eigenvalue weighted by Gasteiger charge is -1.99. The van der Waals surface area contributed by atoms with Crippen molar-refractivity contribution < 1.29 is 4.79 Å². The van der Waals surface area contributed by atoms with E-state index in [0.29, 0.717) is 9.94 Å². The number of para-hydroxylation sites is 1. The standard InChI is InChI=1S/C10H8N2OS2/c1-7-8-4-2-3-5-9(8)12(11-7)10(14)15-6-13/h2-6H,1H3. The Labute approximate surface area is 96.5 Å². The fourth-order valence-corrected chi connectivity index (χ4v) is 2.03. The van der Waals surface area contributed by atoms with Crippen molar-refractivity contribution in [3.05, 3.63) is 30.0 Å². The number of nitrogens with zero attached hydrogens (tertiary/aromatic N) is 2. The van der Waals surface area contributed by atoms with Crippen LogP contribution in [0.25, 0.3) is 10.9 Å². The van der Waals surface area contributed by atoms with Crippen molar-refractivity contribution >= 4 is 44.8 Å². The van der Waals surface area contributed by atoms with Crippen molar-refractivity contribution in [1.29, 1.82) is 0 Å². The quantitative estimate of drug-likeness (QED) is 0.562. The van der Waals surface area contributed by atoms with E-state index in [1.165, 1.54) is 0 Å². The maximum absolute atomic E-state index is 10.4. The Morgan fingerprint density at radius 2 is 2.27 bits per heavy atom. The second-order valence-corrected chi connectivity index (χ2v) is 4.45. The van der Waals surface area contributed by atoms with E-state index in [1.54, 1.807) is 4.68 Å². The molecule has 0 aliphatic heterocycles. The highest BCUT2D eigenvalue weighted by atomic mass is 32.2. The lowest BCUT2D eigenvalue weighted by molar-refractivity contribution is 0.570. The van der Waals surface area contributed by atoms with Crippen LogP contribution < -0.4 is 0 Å². The van der Waals surface area contributed by atoms with Crippen LogP contribution in [-0.2, 0) is 4.79 Å². The van der Waals surface area contributed by atoms with Gasteiger partial charge in [0, 0.05) is 5.39 Å². The molecule has 1 aromatic carbocycles. The van der Waals surface area contributed by atoms with Crippen LogP contribution in [0.2, 0.25) is 0 Å². The van der Waals surface area contributed by atoms with Gasteiger partial charge < -0.3 is 0 Å². The van der Waals surface area contributed by atoms with Gasteiger partial charge in [-0.3, -0.25) is 4.79 Å². The van der Waals surface area contributed by atoms with E-state index in [9.17, 15) is 4.79 Å². The number of hydrogen-bond donors (Lipinski definition) is 0. The number of aryl methyl sites for hydroxylation is 1. The lowest BCUT2D eigenvalue weighted by atomic mass is 10.2. The third-order valence-corrected chi connectivity index (χ3v) is 3.03. The van der Waals surface area contributed by atoms with Crippen molar-refractivity contribution in [1.82, 2.24) is 9.78 Å². The number of thioether (sulfide) groups is 1. The molecule has 0 aliphatic carbocycles. The monoisotopic (exact) mass is 236 g/mol. The minimum atomic E-state index is 0.453. The summed E-state index contributed by atoms with van der Waals surface area (Å²) >= 11 is 6.06. The summed E-state index contributed by atoms with van der Waals surface area (Å²) in [5.74, 6) is 0. The summed E-state index contributed by atoms with van der Waals surface area (Å²) < 4.78 is 2.08. The Balaban J connectivity index is 2.61. The summed E-state index contributed by atoms with van der Waals surface area (Å²) in [5, 5.41) is 5.37. The van der Waals surface area contributed by atoms with Crippen LogP contribution in [0.4, 0.5) is 0 Å². The van der Waals surface area contributed by atoms with E-state index >= 15 is 0 Å². The van der Waals surface area contributed by atoms with E-state index in [4.69, 9.17) is 12.2 Å². The van der Waals surface area contributed by atoms with Crippen molar-refractivity contribution in [3.63, 3.8) is 0 Å². The fraction of sp³-hybridized carbons (Fsp3) is 0.100. The largest absolute Gasteiger partial charge is 0.290 e. The van der Waals surface area contributed by atoms with Crippen LogP contribution >= 0.6 is 24.0 Å². The topological polar surface area (TPSA) is 34.9 Å². The zero-order chi connectivity index (χ0) is 10.8. The van der Waals surface area contributed by atoms with Crippen LogP contribution in [0.3, 0.4) is 0 Å². The van der Waals surface area contributed by atoms with Gasteiger partial charge in [0.25, 0.3) is 0 Å². The highest BCUT2D eigenvalue weighted by Gasteiger charge is 2.09. The number of benzene rings is 1. The first-order valence-electron chi connectivity index (χ1n) is 4.33. The van der Waals surface area contributed by atoms with Gasteiger partial charge >= 0.3 is 0 Å². The van der Waals surface area contributed by atoms with E-state index < -0.39 is 0 Å². The maximum Gasteiger partial charge on any atom is 0.183 e. The normalized spacial score (nSPS) is 10.5. The van der Waals surface area contributed by atoms with Crippen LogP contribution in [0.1, 0.15) is 5.69 Å². The molecule has 2 rings (SSSR count). The molecule has 3 nitrogen and oxygen atoms in total. The summed E-state index contributed by atoms with van der Waals surface area (Å²) in [7, 11) is 0. The SMILES string of the molecule is Cc1nn(C(=S)SC=O)c2ccccc12. The van der Waals surface area contributed by atoms with E-state index in [-0.39, 0.29) is 0 Å². The molecular weight excluding hydrogens is 228 g/mol. The number of aromatic nitrogens is 2.